The number of likely N-dealkylation sites (N-methyl/N-ethyl adjacent to an activating group) is 2. The van der Waals surface area contributed by atoms with Crippen LogP contribution in [0.25, 0.3) is 0 Å². The minimum absolute atomic E-state index is 0.278. The molecule has 1 unspecified atom stereocenters. The molecule has 0 spiro atoms. The van der Waals surface area contributed by atoms with E-state index in [1.165, 1.54) is 24.8 Å². The maximum absolute atomic E-state index is 5.98. The molecule has 1 fully saturated rings. The summed E-state index contributed by atoms with van der Waals surface area (Å²) < 4.78 is 0. The monoisotopic (exact) mass is 262 g/mol. The summed E-state index contributed by atoms with van der Waals surface area (Å²) in [4.78, 5) is 8.86. The molecule has 4 heteroatoms. The second kappa shape index (κ2) is 5.99. The zero-order chi connectivity index (χ0) is 13.9. The fraction of sp³-hybridized carbons (Fsp3) is 0.667. The lowest BCUT2D eigenvalue weighted by Crippen LogP contribution is -2.57. The largest absolute Gasteiger partial charge is 0.329 e. The molecule has 1 aromatic heterocycles. The number of hydrogen-bond donors (Lipinski definition) is 1. The predicted octanol–water partition coefficient (Wildman–Crippen LogP) is 1.50. The van der Waals surface area contributed by atoms with Crippen LogP contribution in [0.2, 0.25) is 0 Å². The summed E-state index contributed by atoms with van der Waals surface area (Å²) in [7, 11) is 6.56. The minimum Gasteiger partial charge on any atom is -0.329 e. The normalized spacial score (nSPS) is 19.5. The number of nitrogens with zero attached hydrogens (tertiary/aromatic N) is 3. The van der Waals surface area contributed by atoms with Crippen molar-refractivity contribution in [3.63, 3.8) is 0 Å². The molecule has 0 saturated heterocycles. The van der Waals surface area contributed by atoms with Crippen LogP contribution < -0.4 is 5.73 Å². The van der Waals surface area contributed by atoms with Crippen LogP contribution in [0.4, 0.5) is 0 Å². The number of hydrogen-bond acceptors (Lipinski definition) is 4. The van der Waals surface area contributed by atoms with Crippen LogP contribution in [0, 0.1) is 0 Å². The van der Waals surface area contributed by atoms with Gasteiger partial charge in [-0.05, 0) is 58.1 Å². The quantitative estimate of drug-likeness (QED) is 0.844. The molecule has 2 rings (SSSR count). The summed E-state index contributed by atoms with van der Waals surface area (Å²) in [5.41, 5.74) is 7.58. The molecule has 1 atom stereocenters. The lowest BCUT2D eigenvalue weighted by atomic mass is 9.75. The highest BCUT2D eigenvalue weighted by Gasteiger charge is 2.40. The summed E-state index contributed by atoms with van der Waals surface area (Å²) in [6.07, 6.45) is 7.61. The molecule has 1 saturated carbocycles. The molecule has 0 bridgehead atoms. The molecular weight excluding hydrogens is 236 g/mol. The van der Waals surface area contributed by atoms with Crippen molar-refractivity contribution in [1.82, 2.24) is 14.8 Å². The van der Waals surface area contributed by atoms with Gasteiger partial charge in [0.15, 0.2) is 0 Å². The van der Waals surface area contributed by atoms with Crippen LogP contribution in [-0.2, 0) is 0 Å². The SMILES string of the molecule is CN(CC1(N(C)C)CCC1)C(CN)c1ccncc1. The van der Waals surface area contributed by atoms with Gasteiger partial charge in [0.1, 0.15) is 0 Å². The van der Waals surface area contributed by atoms with E-state index in [1.807, 2.05) is 12.4 Å². The maximum Gasteiger partial charge on any atom is 0.0469 e. The van der Waals surface area contributed by atoms with Crippen LogP contribution in [0.15, 0.2) is 24.5 Å². The van der Waals surface area contributed by atoms with Gasteiger partial charge in [-0.1, -0.05) is 0 Å². The van der Waals surface area contributed by atoms with Gasteiger partial charge in [0.05, 0.1) is 0 Å². The van der Waals surface area contributed by atoms with Gasteiger partial charge in [-0.2, -0.15) is 0 Å². The molecule has 4 nitrogen and oxygen atoms in total. The Kier molecular flexibility index (Phi) is 4.55. The molecule has 19 heavy (non-hydrogen) atoms. The van der Waals surface area contributed by atoms with Gasteiger partial charge in [-0.3, -0.25) is 9.88 Å². The molecule has 1 heterocycles. The van der Waals surface area contributed by atoms with Crippen molar-refractivity contribution >= 4 is 0 Å². The van der Waals surface area contributed by atoms with Gasteiger partial charge in [0.25, 0.3) is 0 Å². The van der Waals surface area contributed by atoms with E-state index in [0.717, 1.165) is 6.54 Å². The zero-order valence-electron chi connectivity index (χ0n) is 12.3. The highest BCUT2D eigenvalue weighted by atomic mass is 15.2. The summed E-state index contributed by atoms with van der Waals surface area (Å²) >= 11 is 0. The first-order valence-corrected chi connectivity index (χ1v) is 7.07. The Morgan fingerprint density at radius 3 is 2.32 bits per heavy atom. The molecule has 1 aromatic rings. The lowest BCUT2D eigenvalue weighted by molar-refractivity contribution is 0.0168. The molecule has 1 aliphatic carbocycles. The van der Waals surface area contributed by atoms with E-state index in [9.17, 15) is 0 Å². The van der Waals surface area contributed by atoms with Crippen LogP contribution >= 0.6 is 0 Å². The van der Waals surface area contributed by atoms with Gasteiger partial charge in [0.2, 0.25) is 0 Å². The standard InChI is InChI=1S/C15H26N4/c1-18(2)15(7-4-8-15)12-19(3)14(11-16)13-5-9-17-10-6-13/h5-6,9-10,14H,4,7-8,11-12,16H2,1-3H3. The topological polar surface area (TPSA) is 45.4 Å². The summed E-state index contributed by atoms with van der Waals surface area (Å²) in [5.74, 6) is 0. The summed E-state index contributed by atoms with van der Waals surface area (Å²) in [6.45, 7) is 1.72. The molecule has 1 aliphatic rings. The van der Waals surface area contributed by atoms with Crippen molar-refractivity contribution in [3.8, 4) is 0 Å². The van der Waals surface area contributed by atoms with Crippen LogP contribution in [0.3, 0.4) is 0 Å². The fourth-order valence-electron chi connectivity index (χ4n) is 3.06. The molecular formula is C15H26N4. The van der Waals surface area contributed by atoms with E-state index >= 15 is 0 Å². The number of nitrogens with two attached hydrogens (primary N) is 1. The van der Waals surface area contributed by atoms with Gasteiger partial charge in [0, 0.05) is 37.1 Å². The molecule has 0 radical (unpaired) electrons. The number of pyridine rings is 1. The highest BCUT2D eigenvalue weighted by Crippen LogP contribution is 2.37. The van der Waals surface area contributed by atoms with Gasteiger partial charge >= 0.3 is 0 Å². The third-order valence-electron chi connectivity index (χ3n) is 4.62. The zero-order valence-corrected chi connectivity index (χ0v) is 12.3. The lowest BCUT2D eigenvalue weighted by Gasteiger charge is -2.50. The van der Waals surface area contributed by atoms with E-state index < -0.39 is 0 Å². The average Bonchev–Trinajstić information content (AvgIpc) is 2.35. The van der Waals surface area contributed by atoms with E-state index in [4.69, 9.17) is 5.73 Å². The minimum atomic E-state index is 0.278. The average molecular weight is 262 g/mol. The first-order valence-electron chi connectivity index (χ1n) is 7.07. The Balaban J connectivity index is 2.07. The van der Waals surface area contributed by atoms with Crippen LogP contribution in [-0.4, -0.2) is 54.6 Å². The number of aromatic nitrogens is 1. The molecule has 0 amide bonds. The Morgan fingerprint density at radius 1 is 1.26 bits per heavy atom. The molecule has 106 valence electrons. The Morgan fingerprint density at radius 2 is 1.89 bits per heavy atom. The Labute approximate surface area is 116 Å². The van der Waals surface area contributed by atoms with E-state index in [1.54, 1.807) is 0 Å². The second-order valence-corrected chi connectivity index (χ2v) is 5.92. The van der Waals surface area contributed by atoms with E-state index in [0.29, 0.717) is 12.1 Å². The van der Waals surface area contributed by atoms with Gasteiger partial charge in [-0.15, -0.1) is 0 Å². The third kappa shape index (κ3) is 2.96. The van der Waals surface area contributed by atoms with Gasteiger partial charge in [-0.25, -0.2) is 0 Å². The van der Waals surface area contributed by atoms with Crippen molar-refractivity contribution in [2.45, 2.75) is 30.8 Å². The van der Waals surface area contributed by atoms with Crippen molar-refractivity contribution in [1.29, 1.82) is 0 Å². The smallest absolute Gasteiger partial charge is 0.0469 e. The third-order valence-corrected chi connectivity index (χ3v) is 4.62. The van der Waals surface area contributed by atoms with Crippen LogP contribution in [0.5, 0.6) is 0 Å². The summed E-state index contributed by atoms with van der Waals surface area (Å²) in [6, 6.07) is 4.41. The predicted molar refractivity (Wildman–Crippen MR) is 78.9 cm³/mol. The van der Waals surface area contributed by atoms with Crippen molar-refractivity contribution in [2.75, 3.05) is 34.2 Å². The fourth-order valence-corrected chi connectivity index (χ4v) is 3.06. The van der Waals surface area contributed by atoms with Crippen molar-refractivity contribution in [3.05, 3.63) is 30.1 Å². The first kappa shape index (κ1) is 14.4. The first-order chi connectivity index (χ1) is 9.09. The van der Waals surface area contributed by atoms with Crippen molar-refractivity contribution in [2.24, 2.45) is 5.73 Å². The Bertz CT molecular complexity index is 386. The van der Waals surface area contributed by atoms with E-state index in [2.05, 4.69) is 48.1 Å². The highest BCUT2D eigenvalue weighted by molar-refractivity contribution is 5.16. The second-order valence-electron chi connectivity index (χ2n) is 5.92. The molecule has 0 aliphatic heterocycles. The maximum atomic E-state index is 5.98. The van der Waals surface area contributed by atoms with Crippen LogP contribution in [0.1, 0.15) is 30.9 Å². The molecule has 0 aromatic carbocycles. The van der Waals surface area contributed by atoms with E-state index in [-0.39, 0.29) is 6.04 Å². The van der Waals surface area contributed by atoms with Gasteiger partial charge < -0.3 is 10.6 Å². The Hall–Kier alpha value is -0.970. The number of rotatable bonds is 6. The summed E-state index contributed by atoms with van der Waals surface area (Å²) in [5, 5.41) is 0. The molecule has 2 N–H and O–H groups in total. The van der Waals surface area contributed by atoms with Crippen molar-refractivity contribution < 1.29 is 0 Å².